The normalized spacial score (nSPS) is 14.8. The number of nitrogens with zero attached hydrogens (tertiary/aromatic N) is 2. The number of carbonyl (C=O) groups is 2. The number of amides is 1. The summed E-state index contributed by atoms with van der Waals surface area (Å²) in [4.78, 5) is 32.3. The van der Waals surface area contributed by atoms with Crippen LogP contribution in [0.15, 0.2) is 30.3 Å². The molecular formula is C26H23N5O3S2. The molecule has 1 unspecified atom stereocenters. The molecule has 8 nitrogen and oxygen atoms in total. The number of rotatable bonds is 4. The Hall–Kier alpha value is -3.94. The number of methoxy groups -OCH3 is 1. The highest BCUT2D eigenvalue weighted by molar-refractivity contribution is 7.21. The van der Waals surface area contributed by atoms with Gasteiger partial charge in [-0.2, -0.15) is 5.26 Å². The Labute approximate surface area is 215 Å². The molecule has 3 aromatic heterocycles. The molecule has 10 heteroatoms. The lowest BCUT2D eigenvalue weighted by atomic mass is 9.88. The molecule has 0 bridgehead atoms. The van der Waals surface area contributed by atoms with E-state index >= 15 is 0 Å². The summed E-state index contributed by atoms with van der Waals surface area (Å²) in [6, 6.07) is 11.4. The number of esters is 1. The van der Waals surface area contributed by atoms with E-state index in [1.165, 1.54) is 18.4 Å². The third-order valence-electron chi connectivity index (χ3n) is 6.41. The Morgan fingerprint density at radius 1 is 1.22 bits per heavy atom. The molecule has 3 heterocycles. The zero-order valence-corrected chi connectivity index (χ0v) is 21.3. The van der Waals surface area contributed by atoms with Crippen molar-refractivity contribution in [2.45, 2.75) is 26.2 Å². The first kappa shape index (κ1) is 23.8. The summed E-state index contributed by atoms with van der Waals surface area (Å²) in [6.07, 6.45) is 2.59. The highest BCUT2D eigenvalue weighted by atomic mass is 32.1. The number of thiophene rings is 2. The van der Waals surface area contributed by atoms with Crippen LogP contribution in [0.5, 0.6) is 0 Å². The molecule has 1 aromatic carbocycles. The molecule has 4 aromatic rings. The van der Waals surface area contributed by atoms with E-state index < -0.39 is 11.9 Å². The van der Waals surface area contributed by atoms with Crippen LogP contribution in [0.25, 0.3) is 21.3 Å². The van der Waals surface area contributed by atoms with Crippen molar-refractivity contribution in [1.82, 2.24) is 4.98 Å². The van der Waals surface area contributed by atoms with Crippen LogP contribution in [0.4, 0.5) is 16.5 Å². The predicted octanol–water partition coefficient (Wildman–Crippen LogP) is 5.22. The van der Waals surface area contributed by atoms with E-state index in [-0.39, 0.29) is 21.9 Å². The van der Waals surface area contributed by atoms with E-state index in [9.17, 15) is 14.9 Å². The number of aromatic nitrogens is 1. The molecular weight excluding hydrogens is 494 g/mol. The lowest BCUT2D eigenvalue weighted by Gasteiger charge is -2.18. The smallest absolute Gasteiger partial charge is 0.341 e. The van der Waals surface area contributed by atoms with Crippen molar-refractivity contribution < 1.29 is 14.3 Å². The highest BCUT2D eigenvalue weighted by Gasteiger charge is 2.30. The topological polar surface area (TPSA) is 144 Å². The third kappa shape index (κ3) is 3.86. The lowest BCUT2D eigenvalue weighted by Crippen LogP contribution is -2.16. The van der Waals surface area contributed by atoms with Crippen LogP contribution in [-0.4, -0.2) is 24.0 Å². The quantitative estimate of drug-likeness (QED) is 0.315. The molecule has 0 saturated heterocycles. The Balaban J connectivity index is 1.62. The zero-order valence-electron chi connectivity index (χ0n) is 19.7. The molecule has 1 amide bonds. The largest absolute Gasteiger partial charge is 0.465 e. The number of nitrogens with one attached hydrogen (secondary N) is 1. The van der Waals surface area contributed by atoms with Gasteiger partial charge in [0.1, 0.15) is 32.2 Å². The van der Waals surface area contributed by atoms with Gasteiger partial charge in [-0.25, -0.2) is 9.78 Å². The van der Waals surface area contributed by atoms with Crippen LogP contribution < -0.4 is 16.8 Å². The number of nitrogen functional groups attached to an aromatic ring is 2. The number of nitriles is 1. The van der Waals surface area contributed by atoms with Crippen molar-refractivity contribution in [3.05, 3.63) is 56.8 Å². The van der Waals surface area contributed by atoms with Gasteiger partial charge >= 0.3 is 5.97 Å². The van der Waals surface area contributed by atoms with E-state index in [2.05, 4.69) is 23.3 Å². The second-order valence-electron chi connectivity index (χ2n) is 8.75. The summed E-state index contributed by atoms with van der Waals surface area (Å²) < 4.78 is 5.03. The Morgan fingerprint density at radius 2 is 1.97 bits per heavy atom. The minimum atomic E-state index is -0.471. The molecule has 5 N–H and O–H groups in total. The standard InChI is InChI=1S/C26H23N5O3S2/c1-12-8-9-14-16(10-12)35-24(18(14)26(33)34-2)31-23(32)21-20(28)19-17(13-6-4-3-5-7-13)15(11-27)22(29)30-25(19)36-21/h3-7,12H,8-10,28H2,1-2H3,(H2,29,30)(H,31,32). The number of ether oxygens (including phenoxy) is 1. The maximum Gasteiger partial charge on any atom is 0.341 e. The van der Waals surface area contributed by atoms with Crippen LogP contribution in [0.3, 0.4) is 0 Å². The van der Waals surface area contributed by atoms with Crippen molar-refractivity contribution >= 4 is 61.3 Å². The van der Waals surface area contributed by atoms with Gasteiger partial charge in [0.2, 0.25) is 0 Å². The van der Waals surface area contributed by atoms with Crippen LogP contribution in [0.1, 0.15) is 49.4 Å². The number of fused-ring (bicyclic) bond motifs is 2. The molecule has 1 aliphatic rings. The summed E-state index contributed by atoms with van der Waals surface area (Å²) >= 11 is 2.51. The number of hydrogen-bond donors (Lipinski definition) is 3. The SMILES string of the molecule is COC(=O)c1c(NC(=O)c2sc3nc(N)c(C#N)c(-c4ccccc4)c3c2N)sc2c1CCC(C)C2. The molecule has 5 rings (SSSR count). The molecule has 0 aliphatic heterocycles. The lowest BCUT2D eigenvalue weighted by molar-refractivity contribution is 0.0601. The second-order valence-corrected chi connectivity index (χ2v) is 10.9. The second kappa shape index (κ2) is 9.26. The molecule has 0 spiro atoms. The average molecular weight is 518 g/mol. The monoisotopic (exact) mass is 517 g/mol. The summed E-state index contributed by atoms with van der Waals surface area (Å²) in [5.74, 6) is -0.347. The number of nitrogens with two attached hydrogens (primary N) is 2. The molecule has 1 atom stereocenters. The van der Waals surface area contributed by atoms with Crippen LogP contribution in [0.2, 0.25) is 0 Å². The van der Waals surface area contributed by atoms with Gasteiger partial charge in [0, 0.05) is 15.8 Å². The number of carbonyl (C=O) groups excluding carboxylic acids is 2. The Bertz CT molecular complexity index is 1570. The molecule has 0 fully saturated rings. The van der Waals surface area contributed by atoms with Crippen molar-refractivity contribution in [2.24, 2.45) is 5.92 Å². The summed E-state index contributed by atoms with van der Waals surface area (Å²) in [5.41, 5.74) is 15.7. The maximum atomic E-state index is 13.5. The number of benzene rings is 1. The summed E-state index contributed by atoms with van der Waals surface area (Å²) in [6.45, 7) is 2.18. The van der Waals surface area contributed by atoms with Crippen LogP contribution in [-0.2, 0) is 17.6 Å². The molecule has 182 valence electrons. The molecule has 1 aliphatic carbocycles. The summed E-state index contributed by atoms with van der Waals surface area (Å²) in [7, 11) is 1.33. The van der Waals surface area contributed by atoms with E-state index in [4.69, 9.17) is 16.2 Å². The van der Waals surface area contributed by atoms with Gasteiger partial charge in [-0.3, -0.25) is 4.79 Å². The fourth-order valence-corrected chi connectivity index (χ4v) is 7.06. The first-order valence-electron chi connectivity index (χ1n) is 11.3. The van der Waals surface area contributed by atoms with Crippen molar-refractivity contribution in [3.8, 4) is 17.2 Å². The van der Waals surface area contributed by atoms with Crippen molar-refractivity contribution in [1.29, 1.82) is 5.26 Å². The number of hydrogen-bond acceptors (Lipinski definition) is 9. The van der Waals surface area contributed by atoms with Gasteiger partial charge in [-0.05, 0) is 36.3 Å². The van der Waals surface area contributed by atoms with E-state index in [1.54, 1.807) is 0 Å². The van der Waals surface area contributed by atoms with Gasteiger partial charge in [0.15, 0.2) is 0 Å². The first-order valence-corrected chi connectivity index (χ1v) is 13.0. The zero-order chi connectivity index (χ0) is 25.6. The van der Waals surface area contributed by atoms with E-state index in [0.717, 1.165) is 46.6 Å². The average Bonchev–Trinajstić information content (AvgIpc) is 3.39. The minimum absolute atomic E-state index is 0.0742. The fraction of sp³-hybridized carbons (Fsp3) is 0.231. The Kier molecular flexibility index (Phi) is 6.12. The van der Waals surface area contributed by atoms with Gasteiger partial charge in [0.25, 0.3) is 5.91 Å². The molecule has 0 radical (unpaired) electrons. The third-order valence-corrected chi connectivity index (χ3v) is 8.68. The number of pyridine rings is 1. The van der Waals surface area contributed by atoms with Crippen LogP contribution in [0, 0.1) is 17.2 Å². The van der Waals surface area contributed by atoms with Gasteiger partial charge in [-0.1, -0.05) is 37.3 Å². The predicted molar refractivity (Wildman–Crippen MR) is 143 cm³/mol. The molecule has 0 saturated carbocycles. The van der Waals surface area contributed by atoms with E-state index in [0.29, 0.717) is 32.3 Å². The Morgan fingerprint density at radius 3 is 2.67 bits per heavy atom. The van der Waals surface area contributed by atoms with Crippen molar-refractivity contribution in [2.75, 3.05) is 23.9 Å². The van der Waals surface area contributed by atoms with Gasteiger partial charge in [0.05, 0.1) is 18.4 Å². The maximum absolute atomic E-state index is 13.5. The van der Waals surface area contributed by atoms with Crippen molar-refractivity contribution in [3.63, 3.8) is 0 Å². The minimum Gasteiger partial charge on any atom is -0.465 e. The summed E-state index contributed by atoms with van der Waals surface area (Å²) in [5, 5.41) is 13.7. The highest BCUT2D eigenvalue weighted by Crippen LogP contribution is 2.44. The van der Waals surface area contributed by atoms with Gasteiger partial charge < -0.3 is 21.5 Å². The van der Waals surface area contributed by atoms with Gasteiger partial charge in [-0.15, -0.1) is 22.7 Å². The van der Waals surface area contributed by atoms with E-state index in [1.807, 2.05) is 30.3 Å². The fourth-order valence-electron chi connectivity index (χ4n) is 4.66. The first-order chi connectivity index (χ1) is 17.3. The number of anilines is 3. The van der Waals surface area contributed by atoms with Crippen LogP contribution >= 0.6 is 22.7 Å². The molecule has 36 heavy (non-hydrogen) atoms.